The molecule has 0 fully saturated rings. The first-order valence-electron chi connectivity index (χ1n) is 10.4. The van der Waals surface area contributed by atoms with E-state index >= 15 is 0 Å². The van der Waals surface area contributed by atoms with Gasteiger partial charge in [0, 0.05) is 38.0 Å². The number of anilines is 1. The molecule has 7 heteroatoms. The van der Waals surface area contributed by atoms with Crippen LogP contribution < -0.4 is 5.32 Å². The molecule has 2 aromatic heterocycles. The standard InChI is InChI=1S/C22H31N5OSi/c1-5-29(6-2,7-3)15-10-22(27-13-11-23-18-27)9-8-20-19(16-22)21(26-17-25-20)24-12-14-28-4/h8-9,11,13,17-18H,5-7,12,14,16H2,1-4H3,(H,24,25,26). The van der Waals surface area contributed by atoms with Gasteiger partial charge in [0.15, 0.2) is 0 Å². The van der Waals surface area contributed by atoms with Gasteiger partial charge in [0.05, 0.1) is 18.6 Å². The second-order valence-corrected chi connectivity index (χ2v) is 12.4. The lowest BCUT2D eigenvalue weighted by atomic mass is 9.85. The van der Waals surface area contributed by atoms with Crippen LogP contribution >= 0.6 is 0 Å². The van der Waals surface area contributed by atoms with Crippen LogP contribution in [0.5, 0.6) is 0 Å². The van der Waals surface area contributed by atoms with Gasteiger partial charge >= 0.3 is 0 Å². The average molecular weight is 410 g/mol. The van der Waals surface area contributed by atoms with E-state index in [9.17, 15) is 0 Å². The van der Waals surface area contributed by atoms with Crippen molar-refractivity contribution in [3.8, 4) is 11.5 Å². The SMILES string of the molecule is CC[Si](C#CC1(n2ccnc2)C=Cc2ncnc(NCCOC)c2C1)(CC)CC. The van der Waals surface area contributed by atoms with Crippen molar-refractivity contribution in [1.82, 2.24) is 19.5 Å². The Morgan fingerprint density at radius 2 is 2.03 bits per heavy atom. The highest BCUT2D eigenvalue weighted by molar-refractivity contribution is 6.87. The van der Waals surface area contributed by atoms with Crippen molar-refractivity contribution in [3.05, 3.63) is 42.4 Å². The minimum atomic E-state index is -1.58. The highest BCUT2D eigenvalue weighted by atomic mass is 28.3. The molecular weight excluding hydrogens is 378 g/mol. The Hall–Kier alpha value is -2.43. The molecule has 29 heavy (non-hydrogen) atoms. The van der Waals surface area contributed by atoms with Crippen LogP contribution in [0.1, 0.15) is 32.0 Å². The fourth-order valence-corrected chi connectivity index (χ4v) is 6.30. The smallest absolute Gasteiger partial charge is 0.137 e. The number of nitrogens with zero attached hydrogens (tertiary/aromatic N) is 4. The Kier molecular flexibility index (Phi) is 6.88. The average Bonchev–Trinajstić information content (AvgIpc) is 3.31. The molecule has 3 rings (SSSR count). The zero-order valence-corrected chi connectivity index (χ0v) is 18.9. The summed E-state index contributed by atoms with van der Waals surface area (Å²) in [4.78, 5) is 13.3. The van der Waals surface area contributed by atoms with E-state index in [1.54, 1.807) is 13.4 Å². The zero-order valence-electron chi connectivity index (χ0n) is 17.9. The van der Waals surface area contributed by atoms with Gasteiger partial charge < -0.3 is 14.6 Å². The van der Waals surface area contributed by atoms with Crippen molar-refractivity contribution in [2.75, 3.05) is 25.6 Å². The molecule has 0 radical (unpaired) electrons. The van der Waals surface area contributed by atoms with E-state index in [4.69, 9.17) is 4.74 Å². The number of nitrogens with one attached hydrogen (secondary N) is 1. The summed E-state index contributed by atoms with van der Waals surface area (Å²) < 4.78 is 7.29. The number of aromatic nitrogens is 4. The Bertz CT molecular complexity index is 887. The van der Waals surface area contributed by atoms with Crippen LogP contribution in [0.2, 0.25) is 18.1 Å². The van der Waals surface area contributed by atoms with Crippen molar-refractivity contribution in [2.45, 2.75) is 50.9 Å². The monoisotopic (exact) mass is 409 g/mol. The number of fused-ring (bicyclic) bond motifs is 1. The van der Waals surface area contributed by atoms with Gasteiger partial charge in [-0.25, -0.2) is 15.0 Å². The topological polar surface area (TPSA) is 64.9 Å². The molecule has 1 N–H and O–H groups in total. The van der Waals surface area contributed by atoms with Gasteiger partial charge in [-0.2, -0.15) is 0 Å². The molecule has 2 heterocycles. The van der Waals surface area contributed by atoms with E-state index in [1.807, 2.05) is 18.7 Å². The van der Waals surface area contributed by atoms with Crippen LogP contribution in [0.25, 0.3) is 6.08 Å². The van der Waals surface area contributed by atoms with Crippen LogP contribution in [-0.2, 0) is 16.7 Å². The fourth-order valence-electron chi connectivity index (χ4n) is 3.79. The predicted octanol–water partition coefficient (Wildman–Crippen LogP) is 3.75. The molecule has 0 spiro atoms. The number of imidazole rings is 1. The summed E-state index contributed by atoms with van der Waals surface area (Å²) in [5.74, 6) is 4.56. The molecule has 1 unspecified atom stereocenters. The minimum absolute atomic E-state index is 0.469. The number of hydrogen-bond donors (Lipinski definition) is 1. The molecule has 1 aliphatic carbocycles. The van der Waals surface area contributed by atoms with E-state index in [0.29, 0.717) is 19.6 Å². The van der Waals surface area contributed by atoms with Crippen molar-refractivity contribution in [3.63, 3.8) is 0 Å². The maximum Gasteiger partial charge on any atom is 0.137 e. The summed E-state index contributed by atoms with van der Waals surface area (Å²) in [6.07, 6.45) is 12.2. The second-order valence-electron chi connectivity index (χ2n) is 7.50. The largest absolute Gasteiger partial charge is 0.383 e. The number of methoxy groups -OCH3 is 1. The molecule has 0 amide bonds. The van der Waals surface area contributed by atoms with Gasteiger partial charge in [-0.05, 0) is 30.3 Å². The molecule has 0 bridgehead atoms. The van der Waals surface area contributed by atoms with Gasteiger partial charge in [0.25, 0.3) is 0 Å². The Balaban J connectivity index is 2.04. The molecule has 1 aliphatic rings. The van der Waals surface area contributed by atoms with Crippen molar-refractivity contribution < 1.29 is 4.74 Å². The van der Waals surface area contributed by atoms with Crippen LogP contribution in [0.15, 0.2) is 31.1 Å². The number of hydrogen-bond acceptors (Lipinski definition) is 5. The Morgan fingerprint density at radius 3 is 2.69 bits per heavy atom. The maximum atomic E-state index is 5.17. The van der Waals surface area contributed by atoms with Gasteiger partial charge in [-0.1, -0.05) is 26.7 Å². The summed E-state index contributed by atoms with van der Waals surface area (Å²) in [7, 11) is 0.115. The molecule has 1 atom stereocenters. The van der Waals surface area contributed by atoms with E-state index in [0.717, 1.165) is 17.1 Å². The van der Waals surface area contributed by atoms with Crippen molar-refractivity contribution >= 4 is 20.0 Å². The lowest BCUT2D eigenvalue weighted by molar-refractivity contribution is 0.210. The lowest BCUT2D eigenvalue weighted by Crippen LogP contribution is -2.36. The van der Waals surface area contributed by atoms with Crippen molar-refractivity contribution in [1.29, 1.82) is 0 Å². The van der Waals surface area contributed by atoms with Gasteiger partial charge in [0.2, 0.25) is 0 Å². The van der Waals surface area contributed by atoms with Gasteiger partial charge in [0.1, 0.15) is 25.8 Å². The third-order valence-electron chi connectivity index (χ3n) is 6.08. The second kappa shape index (κ2) is 9.38. The number of rotatable bonds is 8. The zero-order chi connectivity index (χ0) is 20.7. The molecule has 6 nitrogen and oxygen atoms in total. The predicted molar refractivity (Wildman–Crippen MR) is 120 cm³/mol. The highest BCUT2D eigenvalue weighted by Crippen LogP contribution is 2.34. The third-order valence-corrected chi connectivity index (χ3v) is 10.8. The Labute approximate surface area is 174 Å². The van der Waals surface area contributed by atoms with Crippen LogP contribution in [-0.4, -0.2) is 47.9 Å². The summed E-state index contributed by atoms with van der Waals surface area (Å²) in [6.45, 7) is 8.18. The number of allylic oxidation sites excluding steroid dienone is 1. The van der Waals surface area contributed by atoms with Crippen molar-refractivity contribution in [2.24, 2.45) is 0 Å². The quantitative estimate of drug-likeness (QED) is 0.409. The minimum Gasteiger partial charge on any atom is -0.383 e. The molecule has 0 saturated carbocycles. The first-order chi connectivity index (χ1) is 14.1. The summed E-state index contributed by atoms with van der Waals surface area (Å²) in [5, 5.41) is 3.39. The van der Waals surface area contributed by atoms with E-state index in [-0.39, 0.29) is 0 Å². The molecule has 0 aliphatic heterocycles. The Morgan fingerprint density at radius 1 is 1.24 bits per heavy atom. The lowest BCUT2D eigenvalue weighted by Gasteiger charge is -2.32. The summed E-state index contributed by atoms with van der Waals surface area (Å²) in [5.41, 5.74) is 5.36. The molecular formula is C22H31N5OSi. The molecule has 2 aromatic rings. The molecule has 0 aromatic carbocycles. The summed E-state index contributed by atoms with van der Waals surface area (Å²) in [6, 6.07) is 3.54. The molecule has 0 saturated heterocycles. The van der Waals surface area contributed by atoms with E-state index < -0.39 is 13.6 Å². The van der Waals surface area contributed by atoms with Gasteiger partial charge in [-0.15, -0.1) is 5.54 Å². The first-order valence-corrected chi connectivity index (χ1v) is 13.0. The highest BCUT2D eigenvalue weighted by Gasteiger charge is 2.34. The fraction of sp³-hybridized carbons (Fsp3) is 0.500. The van der Waals surface area contributed by atoms with Gasteiger partial charge in [-0.3, -0.25) is 0 Å². The van der Waals surface area contributed by atoms with E-state index in [1.165, 1.54) is 18.1 Å². The maximum absolute atomic E-state index is 5.17. The van der Waals surface area contributed by atoms with Crippen LogP contribution in [0.3, 0.4) is 0 Å². The van der Waals surface area contributed by atoms with E-state index in [2.05, 4.69) is 69.2 Å². The summed E-state index contributed by atoms with van der Waals surface area (Å²) >= 11 is 0. The number of ether oxygens (including phenoxy) is 1. The molecule has 154 valence electrons. The third kappa shape index (κ3) is 4.44. The van der Waals surface area contributed by atoms with Crippen LogP contribution in [0, 0.1) is 11.5 Å². The normalized spacial score (nSPS) is 18.1. The van der Waals surface area contributed by atoms with Crippen LogP contribution in [0.4, 0.5) is 5.82 Å². The first kappa shape index (κ1) is 21.3.